The number of amides is 1. The van der Waals surface area contributed by atoms with Gasteiger partial charge in [0, 0.05) is 29.6 Å². The lowest BCUT2D eigenvalue weighted by Gasteiger charge is -2.25. The molecule has 0 saturated carbocycles. The van der Waals surface area contributed by atoms with E-state index < -0.39 is 0 Å². The van der Waals surface area contributed by atoms with Gasteiger partial charge in [-0.25, -0.2) is 9.50 Å². The molecule has 0 unspecified atom stereocenters. The van der Waals surface area contributed by atoms with Crippen molar-refractivity contribution < 1.29 is 9.53 Å². The molecule has 1 amide bonds. The summed E-state index contributed by atoms with van der Waals surface area (Å²) < 4.78 is 7.12. The summed E-state index contributed by atoms with van der Waals surface area (Å²) >= 11 is 0. The van der Waals surface area contributed by atoms with Crippen LogP contribution < -0.4 is 10.1 Å². The number of nitrogens with one attached hydrogen (secondary N) is 1. The molecule has 6 heteroatoms. The summed E-state index contributed by atoms with van der Waals surface area (Å²) in [7, 11) is 1.60. The normalized spacial score (nSPS) is 16.5. The Labute approximate surface area is 145 Å². The molecule has 25 heavy (non-hydrogen) atoms. The zero-order chi connectivity index (χ0) is 17.4. The predicted octanol–water partition coefficient (Wildman–Crippen LogP) is 2.33. The maximum absolute atomic E-state index is 12.5. The highest BCUT2D eigenvalue weighted by molar-refractivity contribution is 5.94. The smallest absolute Gasteiger partial charge is 0.251 e. The molecule has 0 bridgehead atoms. The number of aryl methyl sites for hydroxylation is 2. The van der Waals surface area contributed by atoms with Gasteiger partial charge in [-0.05, 0) is 49.9 Å². The van der Waals surface area contributed by atoms with Crippen molar-refractivity contribution in [1.29, 1.82) is 0 Å². The number of carbonyl (C=O) groups is 1. The van der Waals surface area contributed by atoms with Gasteiger partial charge in [0.2, 0.25) is 0 Å². The highest BCUT2D eigenvalue weighted by Crippen LogP contribution is 2.22. The highest BCUT2D eigenvalue weighted by atomic mass is 16.5. The van der Waals surface area contributed by atoms with E-state index in [0.29, 0.717) is 11.3 Å². The number of carbonyl (C=O) groups excluding carboxylic acids is 1. The van der Waals surface area contributed by atoms with E-state index in [1.807, 2.05) is 35.8 Å². The molecule has 2 aromatic heterocycles. The fourth-order valence-corrected chi connectivity index (χ4v) is 3.40. The molecule has 1 aromatic carbocycles. The maximum atomic E-state index is 12.5. The first-order valence-electron chi connectivity index (χ1n) is 8.42. The monoisotopic (exact) mass is 336 g/mol. The van der Waals surface area contributed by atoms with Gasteiger partial charge >= 0.3 is 0 Å². The minimum atomic E-state index is -0.0729. The summed E-state index contributed by atoms with van der Waals surface area (Å²) in [6.45, 7) is 1.97. The fraction of sp³-hybridized carbons (Fsp3) is 0.316. The molecule has 128 valence electrons. The Hall–Kier alpha value is -2.89. The zero-order valence-electron chi connectivity index (χ0n) is 14.3. The van der Waals surface area contributed by atoms with Gasteiger partial charge in [0.25, 0.3) is 5.91 Å². The summed E-state index contributed by atoms with van der Waals surface area (Å²) in [5.74, 6) is 0.610. The SMILES string of the molecule is COc1cccc(C(=O)N[C@H]2CCc3c(cnc4cc(C)nn34)C2)c1. The molecule has 4 rings (SSSR count). The summed E-state index contributed by atoms with van der Waals surface area (Å²) in [4.78, 5) is 17.0. The molecule has 0 saturated heterocycles. The van der Waals surface area contributed by atoms with Crippen molar-refractivity contribution in [3.05, 3.63) is 59.0 Å². The molecule has 1 aliphatic carbocycles. The van der Waals surface area contributed by atoms with Crippen molar-refractivity contribution in [2.75, 3.05) is 7.11 Å². The minimum absolute atomic E-state index is 0.0729. The molecule has 0 aliphatic heterocycles. The molecule has 6 nitrogen and oxygen atoms in total. The van der Waals surface area contributed by atoms with Gasteiger partial charge in [-0.2, -0.15) is 5.10 Å². The number of hydrogen-bond donors (Lipinski definition) is 1. The molecule has 0 spiro atoms. The molecule has 1 atom stereocenters. The largest absolute Gasteiger partial charge is 0.497 e. The second kappa shape index (κ2) is 6.20. The maximum Gasteiger partial charge on any atom is 0.251 e. The standard InChI is InChI=1S/C19H20N4O2/c1-12-8-18-20-11-14-9-15(6-7-17(14)23(18)22-12)21-19(24)13-4-3-5-16(10-13)25-2/h3-5,8,10-11,15H,6-7,9H2,1-2H3,(H,21,24)/t15-/m0/s1. The van der Waals surface area contributed by atoms with Crippen LogP contribution in [0, 0.1) is 6.92 Å². The number of fused-ring (bicyclic) bond motifs is 3. The van der Waals surface area contributed by atoms with Crippen LogP contribution in [0.25, 0.3) is 5.65 Å². The van der Waals surface area contributed by atoms with E-state index in [-0.39, 0.29) is 11.9 Å². The lowest BCUT2D eigenvalue weighted by Crippen LogP contribution is -2.39. The third-order valence-corrected chi connectivity index (χ3v) is 4.65. The minimum Gasteiger partial charge on any atom is -0.497 e. The lowest BCUT2D eigenvalue weighted by atomic mass is 9.92. The van der Waals surface area contributed by atoms with Crippen molar-refractivity contribution in [2.24, 2.45) is 0 Å². The van der Waals surface area contributed by atoms with Gasteiger partial charge in [0.1, 0.15) is 5.75 Å². The van der Waals surface area contributed by atoms with Crippen LogP contribution in [-0.4, -0.2) is 33.7 Å². The van der Waals surface area contributed by atoms with Gasteiger partial charge < -0.3 is 10.1 Å². The Bertz CT molecular complexity index is 948. The topological polar surface area (TPSA) is 68.5 Å². The summed E-state index contributed by atoms with van der Waals surface area (Å²) in [6, 6.07) is 9.29. The van der Waals surface area contributed by atoms with Crippen molar-refractivity contribution in [3.8, 4) is 5.75 Å². The number of nitrogens with zero attached hydrogens (tertiary/aromatic N) is 3. The number of rotatable bonds is 3. The Kier molecular flexibility index (Phi) is 3.87. The molecule has 2 heterocycles. The van der Waals surface area contributed by atoms with Crippen LogP contribution in [0.3, 0.4) is 0 Å². The second-order valence-electron chi connectivity index (χ2n) is 6.43. The molecular formula is C19H20N4O2. The molecule has 0 radical (unpaired) electrons. The van der Waals surface area contributed by atoms with E-state index in [0.717, 1.165) is 36.2 Å². The summed E-state index contributed by atoms with van der Waals surface area (Å²) in [6.07, 6.45) is 4.45. The van der Waals surface area contributed by atoms with Crippen LogP contribution in [-0.2, 0) is 12.8 Å². The van der Waals surface area contributed by atoms with Crippen molar-refractivity contribution in [2.45, 2.75) is 32.2 Å². The van der Waals surface area contributed by atoms with Crippen LogP contribution in [0.2, 0.25) is 0 Å². The number of aromatic nitrogens is 3. The summed E-state index contributed by atoms with van der Waals surface area (Å²) in [5.41, 5.74) is 4.81. The summed E-state index contributed by atoms with van der Waals surface area (Å²) in [5, 5.41) is 7.66. The van der Waals surface area contributed by atoms with E-state index in [4.69, 9.17) is 4.74 Å². The highest BCUT2D eigenvalue weighted by Gasteiger charge is 2.23. The number of benzene rings is 1. The van der Waals surface area contributed by atoms with E-state index in [9.17, 15) is 4.79 Å². The fourth-order valence-electron chi connectivity index (χ4n) is 3.40. The molecule has 1 aliphatic rings. The van der Waals surface area contributed by atoms with Gasteiger partial charge in [-0.3, -0.25) is 4.79 Å². The third kappa shape index (κ3) is 2.95. The van der Waals surface area contributed by atoms with Crippen LogP contribution in [0.5, 0.6) is 5.75 Å². The van der Waals surface area contributed by atoms with Crippen molar-refractivity contribution >= 4 is 11.6 Å². The molecule has 3 aromatic rings. The lowest BCUT2D eigenvalue weighted by molar-refractivity contribution is 0.0933. The van der Waals surface area contributed by atoms with E-state index in [2.05, 4.69) is 15.4 Å². The van der Waals surface area contributed by atoms with Crippen LogP contribution in [0.4, 0.5) is 0 Å². The Balaban J connectivity index is 1.52. The van der Waals surface area contributed by atoms with E-state index in [1.165, 1.54) is 5.69 Å². The van der Waals surface area contributed by atoms with Gasteiger partial charge in [-0.1, -0.05) is 6.07 Å². The number of ether oxygens (including phenoxy) is 1. The first-order chi connectivity index (χ1) is 12.1. The number of hydrogen-bond acceptors (Lipinski definition) is 4. The second-order valence-corrected chi connectivity index (χ2v) is 6.43. The average molecular weight is 336 g/mol. The first kappa shape index (κ1) is 15.6. The Morgan fingerprint density at radius 1 is 1.36 bits per heavy atom. The predicted molar refractivity (Wildman–Crippen MR) is 94.0 cm³/mol. The Morgan fingerprint density at radius 2 is 2.24 bits per heavy atom. The van der Waals surface area contributed by atoms with Gasteiger partial charge in [0.15, 0.2) is 5.65 Å². The average Bonchev–Trinajstić information content (AvgIpc) is 3.02. The van der Waals surface area contributed by atoms with Gasteiger partial charge in [-0.15, -0.1) is 0 Å². The Morgan fingerprint density at radius 3 is 3.08 bits per heavy atom. The third-order valence-electron chi connectivity index (χ3n) is 4.65. The number of methoxy groups -OCH3 is 1. The van der Waals surface area contributed by atoms with E-state index >= 15 is 0 Å². The first-order valence-corrected chi connectivity index (χ1v) is 8.42. The molecule has 0 fully saturated rings. The van der Waals surface area contributed by atoms with E-state index in [1.54, 1.807) is 19.2 Å². The van der Waals surface area contributed by atoms with Crippen LogP contribution >= 0.6 is 0 Å². The zero-order valence-corrected chi connectivity index (χ0v) is 14.3. The van der Waals surface area contributed by atoms with Crippen LogP contribution in [0.1, 0.15) is 33.7 Å². The van der Waals surface area contributed by atoms with Gasteiger partial charge in [0.05, 0.1) is 12.8 Å². The quantitative estimate of drug-likeness (QED) is 0.797. The van der Waals surface area contributed by atoms with Crippen molar-refractivity contribution in [1.82, 2.24) is 19.9 Å². The molecular weight excluding hydrogens is 316 g/mol. The molecule has 1 N–H and O–H groups in total. The van der Waals surface area contributed by atoms with Crippen molar-refractivity contribution in [3.63, 3.8) is 0 Å². The van der Waals surface area contributed by atoms with Crippen LogP contribution in [0.15, 0.2) is 36.5 Å².